The van der Waals surface area contributed by atoms with E-state index in [4.69, 9.17) is 0 Å². The van der Waals surface area contributed by atoms with Crippen LogP contribution in [0.3, 0.4) is 0 Å². The summed E-state index contributed by atoms with van der Waals surface area (Å²) in [5, 5.41) is 5.14. The highest BCUT2D eigenvalue weighted by Gasteiger charge is 2.59. The molecule has 4 unspecified atom stereocenters. The number of nitrogens with zero attached hydrogens (tertiary/aromatic N) is 2. The van der Waals surface area contributed by atoms with E-state index in [1.54, 1.807) is 0 Å². The molecule has 76 heavy (non-hydrogen) atoms. The fourth-order valence-electron chi connectivity index (χ4n) is 15.3. The van der Waals surface area contributed by atoms with Gasteiger partial charge in [0.05, 0.1) is 11.1 Å². The third kappa shape index (κ3) is 7.25. The molecule has 0 radical (unpaired) electrons. The summed E-state index contributed by atoms with van der Waals surface area (Å²) < 4.78 is 0. The smallest absolute Gasteiger partial charge is 0.0517 e. The molecule has 2 nitrogen and oxygen atoms in total. The summed E-state index contributed by atoms with van der Waals surface area (Å²) in [5.41, 5.74) is 21.5. The second-order valence-corrected chi connectivity index (χ2v) is 26.4. The molecule has 4 aliphatic rings. The first-order chi connectivity index (χ1) is 36.4. The van der Waals surface area contributed by atoms with E-state index >= 15 is 0 Å². The van der Waals surface area contributed by atoms with Crippen molar-refractivity contribution in [3.05, 3.63) is 204 Å². The van der Waals surface area contributed by atoms with Gasteiger partial charge in [0.25, 0.3) is 0 Å². The van der Waals surface area contributed by atoms with Gasteiger partial charge < -0.3 is 9.80 Å². The minimum atomic E-state index is -0.0187. The summed E-state index contributed by atoms with van der Waals surface area (Å²) in [7, 11) is 0. The van der Waals surface area contributed by atoms with Crippen molar-refractivity contribution in [2.24, 2.45) is 0 Å². The van der Waals surface area contributed by atoms with Crippen LogP contribution in [0, 0.1) is 0 Å². The lowest BCUT2D eigenvalue weighted by molar-refractivity contribution is 0.195. The van der Waals surface area contributed by atoms with Gasteiger partial charge in [-0.1, -0.05) is 202 Å². The number of fused-ring (bicyclic) bond motifs is 8. The summed E-state index contributed by atoms with van der Waals surface area (Å²) in [5.74, 6) is 0. The van der Waals surface area contributed by atoms with Gasteiger partial charge in [0.15, 0.2) is 0 Å². The van der Waals surface area contributed by atoms with Crippen molar-refractivity contribution in [2.75, 3.05) is 9.80 Å². The minimum Gasteiger partial charge on any atom is -0.334 e. The van der Waals surface area contributed by atoms with Gasteiger partial charge in [-0.25, -0.2) is 0 Å². The van der Waals surface area contributed by atoms with Gasteiger partial charge in [0, 0.05) is 33.6 Å². The van der Waals surface area contributed by atoms with Crippen LogP contribution in [0.5, 0.6) is 0 Å². The Morgan fingerprint density at radius 1 is 0.329 bits per heavy atom. The average molecular weight is 993 g/mol. The quantitative estimate of drug-likeness (QED) is 0.153. The van der Waals surface area contributed by atoms with Crippen LogP contribution in [0.15, 0.2) is 182 Å². The van der Waals surface area contributed by atoms with E-state index in [0.29, 0.717) is 0 Å². The fraction of sp³-hybridized carbons (Fsp3) is 0.324. The van der Waals surface area contributed by atoms with E-state index in [9.17, 15) is 0 Å². The van der Waals surface area contributed by atoms with Crippen LogP contribution in [-0.2, 0) is 21.7 Å². The predicted octanol–water partition coefficient (Wildman–Crippen LogP) is 20.7. The maximum atomic E-state index is 2.72. The monoisotopic (exact) mass is 993 g/mol. The molecule has 4 atom stereocenters. The van der Waals surface area contributed by atoms with Crippen molar-refractivity contribution in [2.45, 2.75) is 153 Å². The van der Waals surface area contributed by atoms with Gasteiger partial charge in [-0.05, 0) is 199 Å². The average Bonchev–Trinajstić information content (AvgIpc) is 4.03. The SMILES string of the molecule is CC(C)(C)c1ccc(N2c3ccc(-c4ccc5c(-c6ccccc6)c6cc(-c7ccc8c(c7)C7(C)CCCCC7(C)N8c7ccc(C(C)(C)C)cc7)ccc6c(-c6ccccc6)c5c4)cc3C3(C)CCCCC23C)cc1. The van der Waals surface area contributed by atoms with Crippen LogP contribution < -0.4 is 9.80 Å². The molecular formula is C74H76N2. The molecule has 2 aliphatic carbocycles. The predicted molar refractivity (Wildman–Crippen MR) is 326 cm³/mol. The van der Waals surface area contributed by atoms with Crippen LogP contribution in [0.25, 0.3) is 66.1 Å². The first kappa shape index (κ1) is 48.7. The molecule has 382 valence electrons. The van der Waals surface area contributed by atoms with Gasteiger partial charge in [-0.3, -0.25) is 0 Å². The van der Waals surface area contributed by atoms with Gasteiger partial charge in [-0.2, -0.15) is 0 Å². The highest BCUT2D eigenvalue weighted by atomic mass is 15.3. The first-order valence-corrected chi connectivity index (χ1v) is 28.7. The molecule has 0 N–H and O–H groups in total. The van der Waals surface area contributed by atoms with Crippen LogP contribution >= 0.6 is 0 Å². The van der Waals surface area contributed by atoms with Crippen molar-refractivity contribution >= 4 is 44.3 Å². The molecule has 2 fully saturated rings. The Kier molecular flexibility index (Phi) is 11.1. The number of benzene rings is 9. The zero-order chi connectivity index (χ0) is 52.6. The second kappa shape index (κ2) is 17.3. The number of hydrogen-bond donors (Lipinski definition) is 0. The largest absolute Gasteiger partial charge is 0.334 e. The number of hydrogen-bond acceptors (Lipinski definition) is 2. The van der Waals surface area contributed by atoms with Crippen LogP contribution in [0.2, 0.25) is 0 Å². The fourth-order valence-corrected chi connectivity index (χ4v) is 15.3. The molecule has 2 heterocycles. The Labute approximate surface area is 453 Å². The van der Waals surface area contributed by atoms with Crippen LogP contribution in [0.4, 0.5) is 22.7 Å². The summed E-state index contributed by atoms with van der Waals surface area (Å²) in [4.78, 5) is 5.44. The van der Waals surface area contributed by atoms with Crippen molar-refractivity contribution < 1.29 is 0 Å². The molecule has 0 spiro atoms. The van der Waals surface area contributed by atoms with Gasteiger partial charge >= 0.3 is 0 Å². The molecule has 0 amide bonds. The lowest BCUT2D eigenvalue weighted by atomic mass is 9.61. The topological polar surface area (TPSA) is 6.48 Å². The van der Waals surface area contributed by atoms with Crippen molar-refractivity contribution in [3.8, 4) is 44.5 Å². The molecule has 0 aromatic heterocycles. The highest BCUT2D eigenvalue weighted by Crippen LogP contribution is 2.63. The Morgan fingerprint density at radius 3 is 1.04 bits per heavy atom. The van der Waals surface area contributed by atoms with Crippen LogP contribution in [0.1, 0.15) is 143 Å². The first-order valence-electron chi connectivity index (χ1n) is 28.7. The second-order valence-electron chi connectivity index (χ2n) is 26.4. The Morgan fingerprint density at radius 2 is 0.671 bits per heavy atom. The van der Waals surface area contributed by atoms with Crippen molar-refractivity contribution in [3.63, 3.8) is 0 Å². The molecular weight excluding hydrogens is 917 g/mol. The third-order valence-corrected chi connectivity index (χ3v) is 20.1. The Balaban J connectivity index is 0.972. The summed E-state index contributed by atoms with van der Waals surface area (Å²) in [6, 6.07) is 70.9. The molecule has 9 aromatic carbocycles. The van der Waals surface area contributed by atoms with Crippen molar-refractivity contribution in [1.29, 1.82) is 0 Å². The van der Waals surface area contributed by atoms with E-state index in [0.717, 1.165) is 0 Å². The summed E-state index contributed by atoms with van der Waals surface area (Å²) in [6.45, 7) is 24.1. The Bertz CT molecular complexity index is 3480. The van der Waals surface area contributed by atoms with E-state index in [1.165, 1.54) is 162 Å². The molecule has 0 saturated heterocycles. The van der Waals surface area contributed by atoms with Gasteiger partial charge in [0.2, 0.25) is 0 Å². The normalized spacial score (nSPS) is 23.1. The molecule has 0 bridgehead atoms. The lowest BCUT2D eigenvalue weighted by Crippen LogP contribution is -2.54. The zero-order valence-electron chi connectivity index (χ0n) is 46.9. The zero-order valence-corrected chi connectivity index (χ0v) is 46.9. The van der Waals surface area contributed by atoms with Gasteiger partial charge in [-0.15, -0.1) is 0 Å². The maximum absolute atomic E-state index is 2.72. The molecule has 13 rings (SSSR count). The maximum Gasteiger partial charge on any atom is 0.0517 e. The third-order valence-electron chi connectivity index (χ3n) is 20.1. The van der Waals surface area contributed by atoms with E-state index in [-0.39, 0.29) is 32.7 Å². The van der Waals surface area contributed by atoms with E-state index in [2.05, 4.69) is 261 Å². The Hall–Kier alpha value is -6.90. The molecule has 2 aliphatic heterocycles. The summed E-state index contributed by atoms with van der Waals surface area (Å²) >= 11 is 0. The van der Waals surface area contributed by atoms with Gasteiger partial charge in [0.1, 0.15) is 0 Å². The molecule has 2 saturated carbocycles. The standard InChI is InChI=1S/C74H76N2/c1-69(2,3)55-29-33-57(34-30-55)75-65-39-27-53(47-63(65)71(7)41-17-19-43-73(71,75)9)51-25-37-59-61(45-51)67(49-21-13-11-14-22-49)60-38-26-52(46-62(60)68(59)50-23-15-12-16-24-50)54-28-40-66-64(48-54)72(8)42-18-20-44-74(72,10)76(66)58-35-31-56(32-36-58)70(4,5)6/h11-16,21-40,45-48H,17-20,41-44H2,1-10H3. The van der Waals surface area contributed by atoms with E-state index < -0.39 is 0 Å². The van der Waals surface area contributed by atoms with Crippen LogP contribution in [-0.4, -0.2) is 11.1 Å². The van der Waals surface area contributed by atoms with Crippen molar-refractivity contribution in [1.82, 2.24) is 0 Å². The lowest BCUT2D eigenvalue weighted by Gasteiger charge is -2.50. The highest BCUT2D eigenvalue weighted by molar-refractivity contribution is 6.22. The van der Waals surface area contributed by atoms with E-state index in [1.807, 2.05) is 0 Å². The molecule has 9 aromatic rings. The number of rotatable bonds is 6. The number of anilines is 4. The summed E-state index contributed by atoms with van der Waals surface area (Å²) in [6.07, 6.45) is 9.78. The minimum absolute atomic E-state index is 0.0179. The molecule has 2 heteroatoms.